The van der Waals surface area contributed by atoms with E-state index in [9.17, 15) is 0 Å². The van der Waals surface area contributed by atoms with E-state index in [1.165, 1.54) is 0 Å². The monoisotopic (exact) mass is 246 g/mol. The number of pyridine rings is 1. The molecule has 3 rings (SSSR count). The molecule has 3 aromatic rings. The molecule has 0 bridgehead atoms. The SMILES string of the molecule is N/C=C/c1ccc2ccc(-c3ccccc3)nc2c1. The highest BCUT2D eigenvalue weighted by atomic mass is 14.7. The highest BCUT2D eigenvalue weighted by molar-refractivity contribution is 5.83. The van der Waals surface area contributed by atoms with E-state index in [1.54, 1.807) is 6.20 Å². The van der Waals surface area contributed by atoms with Gasteiger partial charge in [0.2, 0.25) is 0 Å². The van der Waals surface area contributed by atoms with Crippen molar-refractivity contribution in [3.8, 4) is 11.3 Å². The molecule has 2 nitrogen and oxygen atoms in total. The lowest BCUT2D eigenvalue weighted by Crippen LogP contribution is -1.86. The molecule has 0 radical (unpaired) electrons. The van der Waals surface area contributed by atoms with Crippen molar-refractivity contribution < 1.29 is 0 Å². The van der Waals surface area contributed by atoms with Crippen molar-refractivity contribution in [3.63, 3.8) is 0 Å². The number of nitrogens with zero attached hydrogens (tertiary/aromatic N) is 1. The third kappa shape index (κ3) is 2.33. The van der Waals surface area contributed by atoms with Crippen molar-refractivity contribution in [1.82, 2.24) is 4.98 Å². The fraction of sp³-hybridized carbons (Fsp3) is 0. The van der Waals surface area contributed by atoms with E-state index in [0.29, 0.717) is 0 Å². The van der Waals surface area contributed by atoms with Crippen LogP contribution in [0.1, 0.15) is 5.56 Å². The molecule has 0 spiro atoms. The summed E-state index contributed by atoms with van der Waals surface area (Å²) in [6, 6.07) is 20.5. The van der Waals surface area contributed by atoms with E-state index in [0.717, 1.165) is 27.7 Å². The van der Waals surface area contributed by atoms with Gasteiger partial charge in [-0.2, -0.15) is 0 Å². The van der Waals surface area contributed by atoms with E-state index in [-0.39, 0.29) is 0 Å². The fourth-order valence-electron chi connectivity index (χ4n) is 2.12. The van der Waals surface area contributed by atoms with E-state index in [2.05, 4.69) is 30.3 Å². The maximum Gasteiger partial charge on any atom is 0.0715 e. The molecule has 0 aliphatic heterocycles. The molecule has 19 heavy (non-hydrogen) atoms. The molecular formula is C17H14N2. The molecule has 0 atom stereocenters. The summed E-state index contributed by atoms with van der Waals surface area (Å²) < 4.78 is 0. The summed E-state index contributed by atoms with van der Waals surface area (Å²) in [5, 5.41) is 1.13. The molecule has 92 valence electrons. The number of rotatable bonds is 2. The van der Waals surface area contributed by atoms with Gasteiger partial charge in [0.05, 0.1) is 11.2 Å². The lowest BCUT2D eigenvalue weighted by atomic mass is 10.1. The lowest BCUT2D eigenvalue weighted by Gasteiger charge is -2.04. The maximum atomic E-state index is 5.42. The summed E-state index contributed by atoms with van der Waals surface area (Å²) in [6.45, 7) is 0. The molecular weight excluding hydrogens is 232 g/mol. The van der Waals surface area contributed by atoms with E-state index >= 15 is 0 Å². The average Bonchev–Trinajstić information content (AvgIpc) is 2.48. The Morgan fingerprint density at radius 2 is 1.68 bits per heavy atom. The molecule has 0 saturated heterocycles. The first-order chi connectivity index (χ1) is 9.36. The molecule has 0 amide bonds. The highest BCUT2D eigenvalue weighted by Gasteiger charge is 2.01. The van der Waals surface area contributed by atoms with Crippen molar-refractivity contribution in [2.24, 2.45) is 5.73 Å². The number of hydrogen-bond donors (Lipinski definition) is 1. The molecule has 0 fully saturated rings. The summed E-state index contributed by atoms with van der Waals surface area (Å²) in [7, 11) is 0. The summed E-state index contributed by atoms with van der Waals surface area (Å²) in [5.74, 6) is 0. The van der Waals surface area contributed by atoms with Gasteiger partial charge in [0.1, 0.15) is 0 Å². The van der Waals surface area contributed by atoms with Crippen LogP contribution in [0.5, 0.6) is 0 Å². The number of hydrogen-bond acceptors (Lipinski definition) is 2. The zero-order valence-corrected chi connectivity index (χ0v) is 10.5. The zero-order chi connectivity index (χ0) is 13.1. The first-order valence-corrected chi connectivity index (χ1v) is 6.21. The van der Waals surface area contributed by atoms with Crippen LogP contribution in [0, 0.1) is 0 Å². The van der Waals surface area contributed by atoms with Gasteiger partial charge in [-0.05, 0) is 30.0 Å². The molecule has 2 heteroatoms. The van der Waals surface area contributed by atoms with Crippen LogP contribution in [-0.2, 0) is 0 Å². The Kier molecular flexibility index (Phi) is 2.99. The van der Waals surface area contributed by atoms with Crippen LogP contribution in [0.2, 0.25) is 0 Å². The normalized spacial score (nSPS) is 11.2. The van der Waals surface area contributed by atoms with Gasteiger partial charge in [-0.25, -0.2) is 4.98 Å². The van der Waals surface area contributed by atoms with Crippen molar-refractivity contribution in [3.05, 3.63) is 72.4 Å². The van der Waals surface area contributed by atoms with Gasteiger partial charge in [0.25, 0.3) is 0 Å². The van der Waals surface area contributed by atoms with Crippen LogP contribution < -0.4 is 5.73 Å². The quantitative estimate of drug-likeness (QED) is 0.746. The second-order valence-electron chi connectivity index (χ2n) is 4.37. The van der Waals surface area contributed by atoms with E-state index < -0.39 is 0 Å². The number of benzene rings is 2. The van der Waals surface area contributed by atoms with Crippen molar-refractivity contribution >= 4 is 17.0 Å². The van der Waals surface area contributed by atoms with E-state index in [1.807, 2.05) is 36.4 Å². The highest BCUT2D eigenvalue weighted by Crippen LogP contribution is 2.21. The smallest absolute Gasteiger partial charge is 0.0715 e. The minimum absolute atomic E-state index is 0.983. The largest absolute Gasteiger partial charge is 0.405 e. The van der Waals surface area contributed by atoms with Crippen LogP contribution in [-0.4, -0.2) is 4.98 Å². The Morgan fingerprint density at radius 3 is 2.47 bits per heavy atom. The van der Waals surface area contributed by atoms with Gasteiger partial charge < -0.3 is 5.73 Å². The molecule has 1 aromatic heterocycles. The second-order valence-corrected chi connectivity index (χ2v) is 4.37. The van der Waals surface area contributed by atoms with Crippen LogP contribution in [0.15, 0.2) is 66.9 Å². The van der Waals surface area contributed by atoms with Gasteiger partial charge in [-0.3, -0.25) is 0 Å². The van der Waals surface area contributed by atoms with Crippen LogP contribution in [0.3, 0.4) is 0 Å². The predicted octanol–water partition coefficient (Wildman–Crippen LogP) is 3.83. The molecule has 2 N–H and O–H groups in total. The molecule has 0 saturated carbocycles. The summed E-state index contributed by atoms with van der Waals surface area (Å²) >= 11 is 0. The van der Waals surface area contributed by atoms with Crippen molar-refractivity contribution in [2.45, 2.75) is 0 Å². The third-order valence-electron chi connectivity index (χ3n) is 3.07. The van der Waals surface area contributed by atoms with Crippen molar-refractivity contribution in [2.75, 3.05) is 0 Å². The molecule has 0 unspecified atom stereocenters. The Bertz CT molecular complexity index is 731. The maximum absolute atomic E-state index is 5.42. The Labute approximate surface area is 112 Å². The Hall–Kier alpha value is -2.61. The molecule has 0 aliphatic rings. The first-order valence-electron chi connectivity index (χ1n) is 6.21. The topological polar surface area (TPSA) is 38.9 Å². The minimum atomic E-state index is 0.983. The van der Waals surface area contributed by atoms with Gasteiger partial charge in [0, 0.05) is 10.9 Å². The minimum Gasteiger partial charge on any atom is -0.405 e. The number of nitrogens with two attached hydrogens (primary N) is 1. The summed E-state index contributed by atoms with van der Waals surface area (Å²) in [5.41, 5.74) is 9.59. The van der Waals surface area contributed by atoms with Gasteiger partial charge in [-0.1, -0.05) is 48.5 Å². The standard InChI is InChI=1S/C17H14N2/c18-11-10-13-6-7-15-8-9-16(19-17(15)12-13)14-4-2-1-3-5-14/h1-12H,18H2/b11-10+. The average molecular weight is 246 g/mol. The van der Waals surface area contributed by atoms with Crippen molar-refractivity contribution in [1.29, 1.82) is 0 Å². The number of aromatic nitrogens is 1. The van der Waals surface area contributed by atoms with Crippen LogP contribution >= 0.6 is 0 Å². The van der Waals surface area contributed by atoms with Gasteiger partial charge in [-0.15, -0.1) is 0 Å². The third-order valence-corrected chi connectivity index (χ3v) is 3.07. The zero-order valence-electron chi connectivity index (χ0n) is 10.5. The molecule has 0 aliphatic carbocycles. The molecule has 1 heterocycles. The predicted molar refractivity (Wildman–Crippen MR) is 80.4 cm³/mol. The summed E-state index contributed by atoms with van der Waals surface area (Å²) in [4.78, 5) is 4.71. The van der Waals surface area contributed by atoms with Crippen LogP contribution in [0.4, 0.5) is 0 Å². The fourth-order valence-corrected chi connectivity index (χ4v) is 2.12. The second kappa shape index (κ2) is 4.94. The van der Waals surface area contributed by atoms with Crippen LogP contribution in [0.25, 0.3) is 28.2 Å². The first kappa shape index (κ1) is 11.5. The Morgan fingerprint density at radius 1 is 0.895 bits per heavy atom. The van der Waals surface area contributed by atoms with Gasteiger partial charge in [0.15, 0.2) is 0 Å². The molecule has 2 aromatic carbocycles. The number of fused-ring (bicyclic) bond motifs is 1. The van der Waals surface area contributed by atoms with Gasteiger partial charge >= 0.3 is 0 Å². The Balaban J connectivity index is 2.14. The lowest BCUT2D eigenvalue weighted by molar-refractivity contribution is 1.40. The summed E-state index contributed by atoms with van der Waals surface area (Å²) in [6.07, 6.45) is 3.42. The van der Waals surface area contributed by atoms with E-state index in [4.69, 9.17) is 10.7 Å².